The lowest BCUT2D eigenvalue weighted by Gasteiger charge is -1.96. The maximum Gasteiger partial charge on any atom is 0.329 e. The summed E-state index contributed by atoms with van der Waals surface area (Å²) in [4.78, 5) is 9.98. The van der Waals surface area contributed by atoms with Crippen LogP contribution in [-0.2, 0) is 4.79 Å². The summed E-state index contributed by atoms with van der Waals surface area (Å²) in [6.45, 7) is 0.897. The molecule has 1 saturated carbocycles. The first-order valence-corrected chi connectivity index (χ1v) is 3.92. The Kier molecular flexibility index (Phi) is 2.95. The molecule has 11 heavy (non-hydrogen) atoms. The van der Waals surface area contributed by atoms with Crippen molar-refractivity contribution in [3.63, 3.8) is 0 Å². The van der Waals surface area contributed by atoms with Crippen molar-refractivity contribution < 1.29 is 9.90 Å². The molecule has 0 aromatic heterocycles. The Morgan fingerprint density at radius 1 is 1.64 bits per heavy atom. The molecule has 0 atom stereocenters. The van der Waals surface area contributed by atoms with Crippen molar-refractivity contribution in [1.82, 2.24) is 5.32 Å². The lowest BCUT2D eigenvalue weighted by atomic mass is 10.3. The van der Waals surface area contributed by atoms with E-state index in [1.54, 1.807) is 0 Å². The average molecular weight is 155 g/mol. The summed E-state index contributed by atoms with van der Waals surface area (Å²) in [5.41, 5.74) is 0. The van der Waals surface area contributed by atoms with Crippen LogP contribution >= 0.6 is 0 Å². The van der Waals surface area contributed by atoms with E-state index in [1.807, 2.05) is 0 Å². The maximum absolute atomic E-state index is 9.98. The van der Waals surface area contributed by atoms with Gasteiger partial charge in [0.2, 0.25) is 0 Å². The van der Waals surface area contributed by atoms with Gasteiger partial charge in [0.05, 0.1) is 0 Å². The number of rotatable bonds is 5. The zero-order chi connectivity index (χ0) is 8.10. The predicted octanol–water partition coefficient (Wildman–Crippen LogP) is 0.974. The Morgan fingerprint density at radius 3 is 2.91 bits per heavy atom. The Balaban J connectivity index is 1.90. The number of carboxylic acids is 1. The first-order chi connectivity index (χ1) is 5.29. The zero-order valence-electron chi connectivity index (χ0n) is 6.42. The Morgan fingerprint density at radius 2 is 2.36 bits per heavy atom. The van der Waals surface area contributed by atoms with Crippen molar-refractivity contribution in [1.29, 1.82) is 0 Å². The van der Waals surface area contributed by atoms with E-state index in [2.05, 4.69) is 5.32 Å². The van der Waals surface area contributed by atoms with E-state index in [1.165, 1.54) is 25.5 Å². The molecule has 0 amide bonds. The molecule has 1 aliphatic rings. The van der Waals surface area contributed by atoms with E-state index < -0.39 is 5.97 Å². The topological polar surface area (TPSA) is 49.3 Å². The third kappa shape index (κ3) is 4.42. The molecule has 0 radical (unpaired) electrons. The largest absolute Gasteiger partial charge is 0.478 e. The first kappa shape index (κ1) is 8.11. The molecule has 1 aliphatic carbocycles. The lowest BCUT2D eigenvalue weighted by Crippen LogP contribution is -2.08. The second-order valence-corrected chi connectivity index (χ2v) is 2.86. The first-order valence-electron chi connectivity index (χ1n) is 3.92. The molecule has 2 N–H and O–H groups in total. The minimum absolute atomic E-state index is 0.897. The van der Waals surface area contributed by atoms with Gasteiger partial charge in [-0.3, -0.25) is 0 Å². The number of nitrogens with one attached hydrogen (secondary N) is 1. The molecule has 1 rings (SSSR count). The van der Waals surface area contributed by atoms with Crippen LogP contribution in [0.1, 0.15) is 19.3 Å². The van der Waals surface area contributed by atoms with Gasteiger partial charge in [-0.2, -0.15) is 0 Å². The molecular formula is C8H13NO2. The predicted molar refractivity (Wildman–Crippen MR) is 42.1 cm³/mol. The van der Waals surface area contributed by atoms with Crippen LogP contribution in [0, 0.1) is 5.92 Å². The quantitative estimate of drug-likeness (QED) is 0.459. The van der Waals surface area contributed by atoms with Crippen LogP contribution in [0.4, 0.5) is 0 Å². The molecule has 0 aromatic carbocycles. The Labute approximate surface area is 66.1 Å². The van der Waals surface area contributed by atoms with Gasteiger partial charge < -0.3 is 10.4 Å². The van der Waals surface area contributed by atoms with Gasteiger partial charge in [-0.25, -0.2) is 4.79 Å². The van der Waals surface area contributed by atoms with Crippen LogP contribution in [0.2, 0.25) is 0 Å². The van der Waals surface area contributed by atoms with Crippen molar-refractivity contribution in [2.75, 3.05) is 6.54 Å². The average Bonchev–Trinajstić information content (AvgIpc) is 2.70. The molecule has 3 nitrogen and oxygen atoms in total. The van der Waals surface area contributed by atoms with Crippen molar-refractivity contribution >= 4 is 5.97 Å². The van der Waals surface area contributed by atoms with Crippen molar-refractivity contribution in [2.24, 2.45) is 5.92 Å². The van der Waals surface area contributed by atoms with Crippen molar-refractivity contribution in [3.8, 4) is 0 Å². The summed E-state index contributed by atoms with van der Waals surface area (Å²) in [6.07, 6.45) is 6.48. The maximum atomic E-state index is 9.98. The van der Waals surface area contributed by atoms with Gasteiger partial charge in [0.15, 0.2) is 0 Å². The molecule has 0 aromatic rings. The zero-order valence-corrected chi connectivity index (χ0v) is 6.42. The minimum atomic E-state index is -0.899. The Hall–Kier alpha value is -0.990. The van der Waals surface area contributed by atoms with E-state index in [0.717, 1.165) is 18.5 Å². The molecule has 62 valence electrons. The summed E-state index contributed by atoms with van der Waals surface area (Å²) in [5, 5.41) is 11.1. The number of hydrogen-bond acceptors (Lipinski definition) is 2. The number of carboxylic acid groups (broad SMARTS) is 1. The molecule has 0 aliphatic heterocycles. The number of aliphatic carboxylic acids is 1. The second-order valence-electron chi connectivity index (χ2n) is 2.86. The summed E-state index contributed by atoms with van der Waals surface area (Å²) in [6, 6.07) is 0. The highest BCUT2D eigenvalue weighted by Crippen LogP contribution is 2.31. The van der Waals surface area contributed by atoms with E-state index in [0.29, 0.717) is 0 Å². The van der Waals surface area contributed by atoms with Gasteiger partial charge in [0.25, 0.3) is 0 Å². The highest BCUT2D eigenvalue weighted by Gasteiger charge is 2.19. The number of hydrogen-bond donors (Lipinski definition) is 2. The standard InChI is InChI=1S/C8H13NO2/c10-8(11)4-6-9-5-3-7-1-2-7/h4,6-7,9H,1-3,5H2,(H,10,11)/b6-4+. The van der Waals surface area contributed by atoms with Crippen LogP contribution in [0.3, 0.4) is 0 Å². The fourth-order valence-electron chi connectivity index (χ4n) is 0.908. The normalized spacial score (nSPS) is 17.1. The Bertz CT molecular complexity index is 161. The summed E-state index contributed by atoms with van der Waals surface area (Å²) >= 11 is 0. The van der Waals surface area contributed by atoms with E-state index in [9.17, 15) is 4.79 Å². The smallest absolute Gasteiger partial charge is 0.329 e. The summed E-state index contributed by atoms with van der Waals surface area (Å²) in [7, 11) is 0. The molecule has 0 saturated heterocycles. The van der Waals surface area contributed by atoms with Crippen LogP contribution in [-0.4, -0.2) is 17.6 Å². The molecule has 1 fully saturated rings. The van der Waals surface area contributed by atoms with Gasteiger partial charge in [0, 0.05) is 18.8 Å². The summed E-state index contributed by atoms with van der Waals surface area (Å²) < 4.78 is 0. The van der Waals surface area contributed by atoms with Gasteiger partial charge in [-0.15, -0.1) is 0 Å². The van der Waals surface area contributed by atoms with Gasteiger partial charge in [-0.1, -0.05) is 12.8 Å². The van der Waals surface area contributed by atoms with Crippen molar-refractivity contribution in [2.45, 2.75) is 19.3 Å². The fraction of sp³-hybridized carbons (Fsp3) is 0.625. The van der Waals surface area contributed by atoms with Crippen LogP contribution in [0.25, 0.3) is 0 Å². The van der Waals surface area contributed by atoms with Crippen molar-refractivity contribution in [3.05, 3.63) is 12.3 Å². The molecule has 0 heterocycles. The lowest BCUT2D eigenvalue weighted by molar-refractivity contribution is -0.131. The highest BCUT2D eigenvalue weighted by molar-refractivity contribution is 5.79. The van der Waals surface area contributed by atoms with Gasteiger partial charge in [0.1, 0.15) is 0 Å². The van der Waals surface area contributed by atoms with Crippen LogP contribution in [0.15, 0.2) is 12.3 Å². The van der Waals surface area contributed by atoms with Crippen LogP contribution < -0.4 is 5.32 Å². The monoisotopic (exact) mass is 155 g/mol. The van der Waals surface area contributed by atoms with E-state index in [4.69, 9.17) is 5.11 Å². The molecular weight excluding hydrogens is 142 g/mol. The highest BCUT2D eigenvalue weighted by atomic mass is 16.4. The van der Waals surface area contributed by atoms with Gasteiger partial charge in [-0.05, 0) is 12.3 Å². The summed E-state index contributed by atoms with van der Waals surface area (Å²) in [5.74, 6) is 0.00431. The molecule has 0 unspecified atom stereocenters. The third-order valence-electron chi connectivity index (χ3n) is 1.74. The molecule has 0 bridgehead atoms. The van der Waals surface area contributed by atoms with E-state index >= 15 is 0 Å². The molecule has 0 spiro atoms. The SMILES string of the molecule is O=C(O)/C=C/NCCC1CC1. The number of carbonyl (C=O) groups is 1. The van der Waals surface area contributed by atoms with Gasteiger partial charge >= 0.3 is 5.97 Å². The second kappa shape index (κ2) is 4.01. The van der Waals surface area contributed by atoms with E-state index in [-0.39, 0.29) is 0 Å². The fourth-order valence-corrected chi connectivity index (χ4v) is 0.908. The third-order valence-corrected chi connectivity index (χ3v) is 1.74. The van der Waals surface area contributed by atoms with Crippen LogP contribution in [0.5, 0.6) is 0 Å². The minimum Gasteiger partial charge on any atom is -0.478 e. The molecule has 3 heteroatoms.